The maximum absolute atomic E-state index is 12.6. The third-order valence-electron chi connectivity index (χ3n) is 6.08. The number of carbonyl (C=O) groups excluding carboxylic acids is 1. The lowest BCUT2D eigenvalue weighted by Gasteiger charge is -2.24. The molecule has 0 radical (unpaired) electrons. The first-order valence-corrected chi connectivity index (χ1v) is 10.9. The van der Waals surface area contributed by atoms with Crippen LogP contribution in [0.4, 0.5) is 0 Å². The third-order valence-corrected chi connectivity index (χ3v) is 6.08. The normalized spacial score (nSPS) is 20.6. The van der Waals surface area contributed by atoms with E-state index < -0.39 is 0 Å². The summed E-state index contributed by atoms with van der Waals surface area (Å²) in [6.07, 6.45) is 11.5. The van der Waals surface area contributed by atoms with Crippen LogP contribution < -0.4 is 0 Å². The molecule has 152 valence electrons. The summed E-state index contributed by atoms with van der Waals surface area (Å²) in [5.74, 6) is 2.87. The average Bonchev–Trinajstić information content (AvgIpc) is 3.00. The molecular weight excluding hydrogens is 338 g/mol. The lowest BCUT2D eigenvalue weighted by Crippen LogP contribution is -2.35. The quantitative estimate of drug-likeness (QED) is 0.767. The van der Waals surface area contributed by atoms with Crippen LogP contribution in [0.2, 0.25) is 0 Å². The van der Waals surface area contributed by atoms with E-state index in [0.717, 1.165) is 69.6 Å². The first-order chi connectivity index (χ1) is 12.9. The van der Waals surface area contributed by atoms with Crippen LogP contribution in [0.25, 0.3) is 0 Å². The second kappa shape index (κ2) is 9.22. The SMILES string of the molecule is CC(C)(C)c1cnc(CN2CCCN(C(=O)CCC3CCCCC3)CC2)o1. The number of rotatable bonds is 5. The summed E-state index contributed by atoms with van der Waals surface area (Å²) in [4.78, 5) is 21.6. The molecule has 0 atom stereocenters. The highest BCUT2D eigenvalue weighted by Crippen LogP contribution is 2.27. The molecule has 0 N–H and O–H groups in total. The van der Waals surface area contributed by atoms with E-state index in [0.29, 0.717) is 5.91 Å². The summed E-state index contributed by atoms with van der Waals surface area (Å²) < 4.78 is 5.94. The Morgan fingerprint density at radius 3 is 2.59 bits per heavy atom. The van der Waals surface area contributed by atoms with Crippen molar-refractivity contribution in [1.29, 1.82) is 0 Å². The van der Waals surface area contributed by atoms with Gasteiger partial charge in [0.15, 0.2) is 0 Å². The van der Waals surface area contributed by atoms with Crippen molar-refractivity contribution >= 4 is 5.91 Å². The first kappa shape index (κ1) is 20.4. The van der Waals surface area contributed by atoms with E-state index >= 15 is 0 Å². The molecule has 3 rings (SSSR count). The Bertz CT molecular complexity index is 599. The Balaban J connectivity index is 1.44. The molecule has 0 bridgehead atoms. The van der Waals surface area contributed by atoms with Gasteiger partial charge in [-0.2, -0.15) is 0 Å². The topological polar surface area (TPSA) is 49.6 Å². The predicted molar refractivity (Wildman–Crippen MR) is 107 cm³/mol. The molecule has 27 heavy (non-hydrogen) atoms. The van der Waals surface area contributed by atoms with Crippen molar-refractivity contribution in [3.63, 3.8) is 0 Å². The van der Waals surface area contributed by atoms with Gasteiger partial charge in [-0.25, -0.2) is 4.98 Å². The van der Waals surface area contributed by atoms with Gasteiger partial charge < -0.3 is 9.32 Å². The van der Waals surface area contributed by atoms with Crippen LogP contribution in [-0.4, -0.2) is 46.9 Å². The first-order valence-electron chi connectivity index (χ1n) is 10.9. The van der Waals surface area contributed by atoms with Crippen molar-refractivity contribution in [1.82, 2.24) is 14.8 Å². The summed E-state index contributed by atoms with van der Waals surface area (Å²) in [6, 6.07) is 0. The Labute approximate surface area is 164 Å². The van der Waals surface area contributed by atoms with Crippen LogP contribution in [-0.2, 0) is 16.8 Å². The molecule has 1 saturated carbocycles. The predicted octanol–water partition coefficient (Wildman–Crippen LogP) is 4.37. The lowest BCUT2D eigenvalue weighted by molar-refractivity contribution is -0.131. The van der Waals surface area contributed by atoms with Gasteiger partial charge >= 0.3 is 0 Å². The van der Waals surface area contributed by atoms with E-state index in [1.54, 1.807) is 0 Å². The van der Waals surface area contributed by atoms with Crippen LogP contribution in [0.3, 0.4) is 0 Å². The molecule has 0 unspecified atom stereocenters. The van der Waals surface area contributed by atoms with Gasteiger partial charge in [0, 0.05) is 38.0 Å². The van der Waals surface area contributed by atoms with Crippen molar-refractivity contribution in [2.45, 2.75) is 84.1 Å². The molecular formula is C22H37N3O2. The number of carbonyl (C=O) groups is 1. The van der Waals surface area contributed by atoms with Crippen LogP contribution in [0, 0.1) is 5.92 Å². The molecule has 5 nitrogen and oxygen atoms in total. The van der Waals surface area contributed by atoms with Gasteiger partial charge in [-0.05, 0) is 18.8 Å². The standard InChI is InChI=1S/C22H37N3O2/c1-22(2,3)19-16-23-20(27-19)17-24-12-7-13-25(15-14-24)21(26)11-10-18-8-5-4-6-9-18/h16,18H,4-15,17H2,1-3H3. The Hall–Kier alpha value is -1.36. The van der Waals surface area contributed by atoms with Crippen LogP contribution in [0.5, 0.6) is 0 Å². The van der Waals surface area contributed by atoms with Crippen molar-refractivity contribution in [3.8, 4) is 0 Å². The van der Waals surface area contributed by atoms with E-state index in [1.807, 2.05) is 6.20 Å². The zero-order valence-corrected chi connectivity index (χ0v) is 17.5. The molecule has 1 aliphatic heterocycles. The van der Waals surface area contributed by atoms with E-state index in [-0.39, 0.29) is 5.41 Å². The molecule has 1 aromatic heterocycles. The average molecular weight is 376 g/mol. The maximum atomic E-state index is 12.6. The number of nitrogens with zero attached hydrogens (tertiary/aromatic N) is 3. The van der Waals surface area contributed by atoms with Crippen molar-refractivity contribution in [2.24, 2.45) is 5.92 Å². The van der Waals surface area contributed by atoms with Gasteiger partial charge in [-0.15, -0.1) is 0 Å². The smallest absolute Gasteiger partial charge is 0.222 e. The Morgan fingerprint density at radius 2 is 1.89 bits per heavy atom. The summed E-state index contributed by atoms with van der Waals surface area (Å²) in [6.45, 7) is 10.8. The molecule has 2 fully saturated rings. The number of hydrogen-bond acceptors (Lipinski definition) is 4. The van der Waals surface area contributed by atoms with E-state index in [9.17, 15) is 4.79 Å². The summed E-state index contributed by atoms with van der Waals surface area (Å²) in [7, 11) is 0. The minimum absolute atomic E-state index is 0.00834. The molecule has 5 heteroatoms. The van der Waals surface area contributed by atoms with Crippen molar-refractivity contribution in [3.05, 3.63) is 17.8 Å². The van der Waals surface area contributed by atoms with Gasteiger partial charge in [-0.3, -0.25) is 9.69 Å². The van der Waals surface area contributed by atoms with Crippen molar-refractivity contribution in [2.75, 3.05) is 26.2 Å². The van der Waals surface area contributed by atoms with E-state index in [2.05, 4.69) is 35.6 Å². The van der Waals surface area contributed by atoms with Crippen LogP contribution >= 0.6 is 0 Å². The zero-order valence-electron chi connectivity index (χ0n) is 17.5. The highest BCUT2D eigenvalue weighted by molar-refractivity contribution is 5.76. The molecule has 2 heterocycles. The molecule has 1 amide bonds. The monoisotopic (exact) mass is 375 g/mol. The summed E-state index contributed by atoms with van der Waals surface area (Å²) >= 11 is 0. The van der Waals surface area contributed by atoms with Gasteiger partial charge in [0.05, 0.1) is 12.7 Å². The summed E-state index contributed by atoms with van der Waals surface area (Å²) in [5.41, 5.74) is -0.00834. The van der Waals surface area contributed by atoms with Gasteiger partial charge in [0.1, 0.15) is 5.76 Å². The molecule has 1 saturated heterocycles. The highest BCUT2D eigenvalue weighted by Gasteiger charge is 2.23. The minimum atomic E-state index is -0.00834. The fourth-order valence-electron chi connectivity index (χ4n) is 4.26. The fraction of sp³-hybridized carbons (Fsp3) is 0.818. The van der Waals surface area contributed by atoms with Gasteiger partial charge in [-0.1, -0.05) is 52.9 Å². The van der Waals surface area contributed by atoms with Crippen LogP contribution in [0.15, 0.2) is 10.6 Å². The van der Waals surface area contributed by atoms with Gasteiger partial charge in [0.2, 0.25) is 11.8 Å². The minimum Gasteiger partial charge on any atom is -0.444 e. The van der Waals surface area contributed by atoms with E-state index in [4.69, 9.17) is 4.42 Å². The largest absolute Gasteiger partial charge is 0.444 e. The zero-order chi connectivity index (χ0) is 19.3. The van der Waals surface area contributed by atoms with Crippen molar-refractivity contribution < 1.29 is 9.21 Å². The molecule has 1 aromatic rings. The Morgan fingerprint density at radius 1 is 1.11 bits per heavy atom. The molecule has 1 aliphatic carbocycles. The highest BCUT2D eigenvalue weighted by atomic mass is 16.4. The molecule has 0 spiro atoms. The van der Waals surface area contributed by atoms with E-state index in [1.165, 1.54) is 32.1 Å². The maximum Gasteiger partial charge on any atom is 0.222 e. The van der Waals surface area contributed by atoms with Crippen LogP contribution in [0.1, 0.15) is 83.8 Å². The summed E-state index contributed by atoms with van der Waals surface area (Å²) in [5, 5.41) is 0. The second-order valence-corrected chi connectivity index (χ2v) is 9.42. The number of hydrogen-bond donors (Lipinski definition) is 0. The fourth-order valence-corrected chi connectivity index (χ4v) is 4.26. The number of amides is 1. The lowest BCUT2D eigenvalue weighted by atomic mass is 9.86. The molecule has 0 aromatic carbocycles. The number of oxazole rings is 1. The second-order valence-electron chi connectivity index (χ2n) is 9.42. The Kier molecular flexibility index (Phi) is 6.96. The van der Waals surface area contributed by atoms with Gasteiger partial charge in [0.25, 0.3) is 0 Å². The number of aromatic nitrogens is 1. The third kappa shape index (κ3) is 6.06. The molecule has 2 aliphatic rings.